The number of anilines is 1. The van der Waals surface area contributed by atoms with Gasteiger partial charge in [-0.15, -0.1) is 11.3 Å². The number of carbonyl (C=O) groups excluding carboxylic acids is 1. The molecule has 0 bridgehead atoms. The monoisotopic (exact) mass is 444 g/mol. The standard InChI is InChI=1S/C22H20N8OS/c1-30-20(21(31)25-10-12-4-2-6-16-15(12)11-26-29-16)14(9-23)19-22(30)32-18(28-19)8-13-5-3-7-17(24)27-13/h2-7,9,11,23H,8,10H2,1H3,(H2,24,27)(H,25,31)(H,26,29). The maximum Gasteiger partial charge on any atom is 0.268 e. The number of aryl methyl sites for hydroxylation is 1. The summed E-state index contributed by atoms with van der Waals surface area (Å²) in [6.07, 6.45) is 3.48. The summed E-state index contributed by atoms with van der Waals surface area (Å²) in [5.74, 6) is 0.213. The Morgan fingerprint density at radius 2 is 2.12 bits per heavy atom. The number of nitrogen functional groups attached to an aromatic ring is 1. The lowest BCUT2D eigenvalue weighted by molar-refractivity contribution is 0.0943. The number of aromatic nitrogens is 5. The average molecular weight is 445 g/mol. The Hall–Kier alpha value is -4.05. The lowest BCUT2D eigenvalue weighted by Crippen LogP contribution is -2.26. The van der Waals surface area contributed by atoms with Crippen molar-refractivity contribution < 1.29 is 4.79 Å². The fraction of sp³-hybridized carbons (Fsp3) is 0.136. The Morgan fingerprint density at radius 3 is 2.94 bits per heavy atom. The summed E-state index contributed by atoms with van der Waals surface area (Å²) in [7, 11) is 1.82. The van der Waals surface area contributed by atoms with Gasteiger partial charge < -0.3 is 21.0 Å². The van der Waals surface area contributed by atoms with E-state index in [1.165, 1.54) is 17.6 Å². The van der Waals surface area contributed by atoms with Crippen LogP contribution in [0.25, 0.3) is 21.3 Å². The first-order valence-electron chi connectivity index (χ1n) is 9.94. The first-order chi connectivity index (χ1) is 15.5. The lowest BCUT2D eigenvalue weighted by Gasteiger charge is -2.08. The number of pyridine rings is 1. The molecule has 0 spiro atoms. The number of benzene rings is 1. The van der Waals surface area contributed by atoms with Crippen molar-refractivity contribution in [2.45, 2.75) is 13.0 Å². The number of nitrogens with one attached hydrogen (secondary N) is 3. The minimum Gasteiger partial charge on any atom is -0.384 e. The van der Waals surface area contributed by atoms with Crippen LogP contribution in [-0.2, 0) is 20.0 Å². The molecule has 32 heavy (non-hydrogen) atoms. The van der Waals surface area contributed by atoms with Gasteiger partial charge in [0, 0.05) is 37.3 Å². The zero-order valence-electron chi connectivity index (χ0n) is 17.2. The molecule has 0 atom stereocenters. The number of aromatic amines is 1. The van der Waals surface area contributed by atoms with Gasteiger partial charge in [0.15, 0.2) is 0 Å². The Balaban J connectivity index is 1.42. The van der Waals surface area contributed by atoms with Gasteiger partial charge in [0.2, 0.25) is 0 Å². The molecular weight excluding hydrogens is 424 g/mol. The second kappa shape index (κ2) is 7.89. The predicted octanol–water partition coefficient (Wildman–Crippen LogP) is 3.01. The van der Waals surface area contributed by atoms with Gasteiger partial charge in [-0.1, -0.05) is 18.2 Å². The van der Waals surface area contributed by atoms with Crippen LogP contribution < -0.4 is 11.1 Å². The molecule has 4 aromatic heterocycles. The Labute approximate surface area is 186 Å². The summed E-state index contributed by atoms with van der Waals surface area (Å²) in [5, 5.41) is 19.7. The van der Waals surface area contributed by atoms with Gasteiger partial charge >= 0.3 is 0 Å². The molecule has 0 unspecified atom stereocenters. The molecule has 1 amide bonds. The highest BCUT2D eigenvalue weighted by Gasteiger charge is 2.23. The maximum atomic E-state index is 13.1. The Bertz CT molecular complexity index is 1480. The molecule has 5 rings (SSSR count). The van der Waals surface area contributed by atoms with Crippen molar-refractivity contribution in [2.24, 2.45) is 7.05 Å². The summed E-state index contributed by atoms with van der Waals surface area (Å²) in [6, 6.07) is 11.3. The molecule has 9 nitrogen and oxygen atoms in total. The quantitative estimate of drug-likeness (QED) is 0.298. The van der Waals surface area contributed by atoms with E-state index in [1.807, 2.05) is 37.4 Å². The molecule has 0 aliphatic heterocycles. The molecule has 0 radical (unpaired) electrons. The van der Waals surface area contributed by atoms with Crippen LogP contribution in [0.2, 0.25) is 0 Å². The third-order valence-corrected chi connectivity index (χ3v) is 6.47. The summed E-state index contributed by atoms with van der Waals surface area (Å²) in [5.41, 5.74) is 10.1. The summed E-state index contributed by atoms with van der Waals surface area (Å²) < 4.78 is 1.80. The number of H-pyrrole nitrogens is 1. The number of nitrogens with zero attached hydrogens (tertiary/aromatic N) is 4. The summed E-state index contributed by atoms with van der Waals surface area (Å²) in [4.78, 5) is 22.9. The maximum absolute atomic E-state index is 13.1. The van der Waals surface area contributed by atoms with E-state index in [1.54, 1.807) is 16.8 Å². The molecule has 0 saturated heterocycles. The van der Waals surface area contributed by atoms with E-state index in [9.17, 15) is 4.79 Å². The molecule has 0 saturated carbocycles. The molecule has 5 N–H and O–H groups in total. The normalized spacial score (nSPS) is 11.3. The number of amides is 1. The van der Waals surface area contributed by atoms with E-state index in [2.05, 4.69) is 20.5 Å². The fourth-order valence-corrected chi connectivity index (χ4v) is 4.89. The lowest BCUT2D eigenvalue weighted by atomic mass is 10.1. The highest BCUT2D eigenvalue weighted by molar-refractivity contribution is 7.18. The third kappa shape index (κ3) is 3.40. The van der Waals surface area contributed by atoms with Crippen molar-refractivity contribution in [1.82, 2.24) is 30.0 Å². The second-order valence-electron chi connectivity index (χ2n) is 7.39. The SMILES string of the molecule is Cn1c(C(=O)NCc2cccc3[nH]ncc23)c(C=N)c2nc(Cc3cccc(N)n3)sc21. The first kappa shape index (κ1) is 19.9. The molecule has 160 valence electrons. The van der Waals surface area contributed by atoms with Crippen LogP contribution in [0.15, 0.2) is 42.6 Å². The van der Waals surface area contributed by atoms with Gasteiger partial charge in [0.05, 0.1) is 17.3 Å². The smallest absolute Gasteiger partial charge is 0.268 e. The van der Waals surface area contributed by atoms with Crippen LogP contribution in [0.3, 0.4) is 0 Å². The molecule has 0 fully saturated rings. The van der Waals surface area contributed by atoms with Gasteiger partial charge in [0.25, 0.3) is 5.91 Å². The van der Waals surface area contributed by atoms with E-state index in [-0.39, 0.29) is 5.91 Å². The fourth-order valence-electron chi connectivity index (χ4n) is 3.83. The Morgan fingerprint density at radius 1 is 1.28 bits per heavy atom. The van der Waals surface area contributed by atoms with Crippen molar-refractivity contribution in [3.8, 4) is 0 Å². The third-order valence-electron chi connectivity index (χ3n) is 5.34. The first-order valence-corrected chi connectivity index (χ1v) is 10.8. The number of nitrogens with two attached hydrogens (primary N) is 1. The van der Waals surface area contributed by atoms with Crippen molar-refractivity contribution in [2.75, 3.05) is 5.73 Å². The van der Waals surface area contributed by atoms with Gasteiger partial charge in [-0.05, 0) is 23.8 Å². The topological polar surface area (TPSA) is 138 Å². The van der Waals surface area contributed by atoms with Gasteiger partial charge in [-0.3, -0.25) is 9.89 Å². The highest BCUT2D eigenvalue weighted by Crippen LogP contribution is 2.30. The zero-order chi connectivity index (χ0) is 22.2. The van der Waals surface area contributed by atoms with E-state index in [0.717, 1.165) is 32.0 Å². The van der Waals surface area contributed by atoms with Crippen LogP contribution in [0.5, 0.6) is 0 Å². The molecule has 5 aromatic rings. The molecule has 4 heterocycles. The van der Waals surface area contributed by atoms with Gasteiger partial charge in [0.1, 0.15) is 26.9 Å². The molecule has 0 aliphatic carbocycles. The number of rotatable bonds is 6. The highest BCUT2D eigenvalue weighted by atomic mass is 32.1. The van der Waals surface area contributed by atoms with E-state index >= 15 is 0 Å². The van der Waals surface area contributed by atoms with Crippen LogP contribution >= 0.6 is 11.3 Å². The summed E-state index contributed by atoms with van der Waals surface area (Å²) >= 11 is 1.49. The minimum atomic E-state index is -0.254. The minimum absolute atomic E-state index is 0.254. The number of thiazole rings is 1. The second-order valence-corrected chi connectivity index (χ2v) is 8.45. The van der Waals surface area contributed by atoms with E-state index in [4.69, 9.17) is 16.1 Å². The predicted molar refractivity (Wildman–Crippen MR) is 125 cm³/mol. The van der Waals surface area contributed by atoms with E-state index < -0.39 is 0 Å². The van der Waals surface area contributed by atoms with Crippen LogP contribution in [-0.4, -0.2) is 36.9 Å². The number of hydrogen-bond acceptors (Lipinski definition) is 7. The average Bonchev–Trinajstić information content (AvgIpc) is 3.47. The molecule has 10 heteroatoms. The number of carbonyl (C=O) groups is 1. The van der Waals surface area contributed by atoms with Crippen molar-refractivity contribution >= 4 is 50.5 Å². The van der Waals surface area contributed by atoms with Crippen LogP contribution in [0.1, 0.15) is 32.3 Å². The van der Waals surface area contributed by atoms with Crippen LogP contribution in [0, 0.1) is 5.41 Å². The molecule has 1 aromatic carbocycles. The van der Waals surface area contributed by atoms with Crippen molar-refractivity contribution in [3.63, 3.8) is 0 Å². The van der Waals surface area contributed by atoms with Crippen molar-refractivity contribution in [3.05, 3.63) is 70.1 Å². The largest absolute Gasteiger partial charge is 0.384 e. The van der Waals surface area contributed by atoms with E-state index in [0.29, 0.717) is 35.6 Å². The number of hydrogen-bond donors (Lipinski definition) is 4. The van der Waals surface area contributed by atoms with Gasteiger partial charge in [-0.25, -0.2) is 9.97 Å². The Kier molecular flexibility index (Phi) is 4.91. The van der Waals surface area contributed by atoms with Crippen LogP contribution in [0.4, 0.5) is 5.82 Å². The van der Waals surface area contributed by atoms with Crippen molar-refractivity contribution in [1.29, 1.82) is 5.41 Å². The molecule has 0 aliphatic rings. The number of fused-ring (bicyclic) bond motifs is 2. The summed E-state index contributed by atoms with van der Waals surface area (Å²) in [6.45, 7) is 0.353. The van der Waals surface area contributed by atoms with Gasteiger partial charge in [-0.2, -0.15) is 5.10 Å². The molecular formula is C22H20N8OS. The zero-order valence-corrected chi connectivity index (χ0v) is 18.0.